The number of hydrogen-bond acceptors (Lipinski definition) is 4. The molecule has 1 aromatic heterocycles. The number of nitrogens with one attached hydrogen (secondary N) is 1. The summed E-state index contributed by atoms with van der Waals surface area (Å²) in [6.07, 6.45) is 1.79. The molecule has 4 nitrogen and oxygen atoms in total. The first-order chi connectivity index (χ1) is 8.18. The minimum Gasteiger partial charge on any atom is -0.315 e. The Morgan fingerprint density at radius 1 is 1.41 bits per heavy atom. The van der Waals surface area contributed by atoms with Crippen LogP contribution >= 0.6 is 11.3 Å². The summed E-state index contributed by atoms with van der Waals surface area (Å²) in [7, 11) is -2.92. The van der Waals surface area contributed by atoms with Crippen LogP contribution in [0.3, 0.4) is 0 Å². The van der Waals surface area contributed by atoms with Crippen LogP contribution in [-0.4, -0.2) is 44.7 Å². The van der Waals surface area contributed by atoms with E-state index in [0.717, 1.165) is 25.9 Å². The molecule has 1 aromatic rings. The highest BCUT2D eigenvalue weighted by Crippen LogP contribution is 2.12. The lowest BCUT2D eigenvalue weighted by Crippen LogP contribution is -2.34. The van der Waals surface area contributed by atoms with E-state index in [1.807, 2.05) is 0 Å². The fourth-order valence-corrected chi connectivity index (χ4v) is 4.18. The molecule has 2 heterocycles. The van der Waals surface area contributed by atoms with Gasteiger partial charge in [0.05, 0.1) is 5.75 Å². The smallest absolute Gasteiger partial charge is 0.214 e. The van der Waals surface area contributed by atoms with E-state index >= 15 is 0 Å². The molecule has 0 bridgehead atoms. The van der Waals surface area contributed by atoms with Crippen molar-refractivity contribution in [2.45, 2.75) is 12.8 Å². The molecule has 0 saturated carbocycles. The van der Waals surface area contributed by atoms with Crippen LogP contribution < -0.4 is 5.32 Å². The first-order valence-electron chi connectivity index (χ1n) is 5.89. The van der Waals surface area contributed by atoms with Crippen molar-refractivity contribution >= 4 is 21.4 Å². The van der Waals surface area contributed by atoms with Crippen molar-refractivity contribution in [1.82, 2.24) is 9.62 Å². The van der Waals surface area contributed by atoms with Gasteiger partial charge in [0.1, 0.15) is 0 Å². The van der Waals surface area contributed by atoms with Crippen molar-refractivity contribution in [2.24, 2.45) is 0 Å². The molecule has 0 radical (unpaired) electrons. The van der Waals surface area contributed by atoms with Crippen molar-refractivity contribution in [1.29, 1.82) is 0 Å². The van der Waals surface area contributed by atoms with Crippen molar-refractivity contribution in [2.75, 3.05) is 31.9 Å². The number of sulfonamides is 1. The first kappa shape index (κ1) is 13.0. The Labute approximate surface area is 107 Å². The SMILES string of the molecule is O=S1(=O)CCCN1CCNCCc1cccs1. The summed E-state index contributed by atoms with van der Waals surface area (Å²) in [5.41, 5.74) is 0. The van der Waals surface area contributed by atoms with Crippen molar-refractivity contribution < 1.29 is 8.42 Å². The van der Waals surface area contributed by atoms with Crippen LogP contribution in [0.2, 0.25) is 0 Å². The molecule has 0 atom stereocenters. The third-order valence-corrected chi connectivity index (χ3v) is 5.76. The maximum atomic E-state index is 11.5. The van der Waals surface area contributed by atoms with Gasteiger partial charge in [-0.2, -0.15) is 0 Å². The van der Waals surface area contributed by atoms with Gasteiger partial charge in [0.25, 0.3) is 0 Å². The fraction of sp³-hybridized carbons (Fsp3) is 0.636. The van der Waals surface area contributed by atoms with E-state index in [1.165, 1.54) is 4.88 Å². The third kappa shape index (κ3) is 3.77. The molecule has 0 spiro atoms. The highest BCUT2D eigenvalue weighted by atomic mass is 32.2. The zero-order valence-electron chi connectivity index (χ0n) is 9.76. The summed E-state index contributed by atoms with van der Waals surface area (Å²) in [5, 5.41) is 5.36. The van der Waals surface area contributed by atoms with Gasteiger partial charge in [-0.05, 0) is 24.3 Å². The second kappa shape index (κ2) is 5.95. The Balaban J connectivity index is 1.60. The van der Waals surface area contributed by atoms with E-state index < -0.39 is 10.0 Å². The van der Waals surface area contributed by atoms with Gasteiger partial charge in [-0.15, -0.1) is 11.3 Å². The molecule has 0 aromatic carbocycles. The standard InChI is InChI=1S/C11H18N2O2S2/c14-17(15)10-2-7-13(17)8-6-12-5-4-11-3-1-9-16-11/h1,3,9,12H,2,4-8,10H2. The molecule has 1 fully saturated rings. The van der Waals surface area contributed by atoms with Crippen LogP contribution in [0, 0.1) is 0 Å². The lowest BCUT2D eigenvalue weighted by atomic mass is 10.3. The Morgan fingerprint density at radius 2 is 2.29 bits per heavy atom. The largest absolute Gasteiger partial charge is 0.315 e. The molecular weight excluding hydrogens is 256 g/mol. The zero-order chi connectivity index (χ0) is 12.1. The molecule has 1 N–H and O–H groups in total. The van der Waals surface area contributed by atoms with Gasteiger partial charge in [0, 0.05) is 31.1 Å². The zero-order valence-corrected chi connectivity index (χ0v) is 11.4. The van der Waals surface area contributed by atoms with Gasteiger partial charge in [-0.25, -0.2) is 12.7 Å². The number of thiophene rings is 1. The summed E-state index contributed by atoms with van der Waals surface area (Å²) in [6.45, 7) is 2.95. The summed E-state index contributed by atoms with van der Waals surface area (Å²) in [5.74, 6) is 0.322. The summed E-state index contributed by atoms with van der Waals surface area (Å²) in [6, 6.07) is 4.17. The minimum absolute atomic E-state index is 0.322. The normalized spacial score (nSPS) is 19.8. The number of rotatable bonds is 6. The maximum absolute atomic E-state index is 11.5. The van der Waals surface area contributed by atoms with E-state index in [9.17, 15) is 8.42 Å². The van der Waals surface area contributed by atoms with E-state index in [0.29, 0.717) is 18.8 Å². The van der Waals surface area contributed by atoms with Gasteiger partial charge < -0.3 is 5.32 Å². The molecular formula is C11H18N2O2S2. The highest BCUT2D eigenvalue weighted by molar-refractivity contribution is 7.89. The molecule has 2 rings (SSSR count). The highest BCUT2D eigenvalue weighted by Gasteiger charge is 2.27. The molecule has 96 valence electrons. The van der Waals surface area contributed by atoms with Gasteiger partial charge >= 0.3 is 0 Å². The Bertz CT molecular complexity index is 428. The van der Waals surface area contributed by atoms with Gasteiger partial charge in [-0.3, -0.25) is 0 Å². The monoisotopic (exact) mass is 274 g/mol. The van der Waals surface area contributed by atoms with Crippen molar-refractivity contribution in [3.63, 3.8) is 0 Å². The Hall–Kier alpha value is -0.430. The number of nitrogens with zero attached hydrogens (tertiary/aromatic N) is 1. The lowest BCUT2D eigenvalue weighted by Gasteiger charge is -2.14. The second-order valence-corrected chi connectivity index (χ2v) is 7.27. The van der Waals surface area contributed by atoms with Gasteiger partial charge in [0.2, 0.25) is 10.0 Å². The average molecular weight is 274 g/mol. The molecule has 0 amide bonds. The first-order valence-corrected chi connectivity index (χ1v) is 8.38. The second-order valence-electron chi connectivity index (χ2n) is 4.15. The molecule has 6 heteroatoms. The average Bonchev–Trinajstić information content (AvgIpc) is 2.88. The minimum atomic E-state index is -2.92. The van der Waals surface area contributed by atoms with Crippen LogP contribution in [0.4, 0.5) is 0 Å². The molecule has 1 aliphatic heterocycles. The Morgan fingerprint density at radius 3 is 2.94 bits per heavy atom. The van der Waals surface area contributed by atoms with E-state index in [1.54, 1.807) is 15.6 Å². The third-order valence-electron chi connectivity index (χ3n) is 2.87. The molecule has 17 heavy (non-hydrogen) atoms. The predicted molar refractivity (Wildman–Crippen MR) is 70.9 cm³/mol. The number of hydrogen-bond donors (Lipinski definition) is 1. The predicted octanol–water partition coefficient (Wildman–Crippen LogP) is 0.916. The van der Waals surface area contributed by atoms with E-state index in [2.05, 4.69) is 22.8 Å². The van der Waals surface area contributed by atoms with E-state index in [4.69, 9.17) is 0 Å². The van der Waals surface area contributed by atoms with Crippen LogP contribution in [0.5, 0.6) is 0 Å². The molecule has 0 unspecified atom stereocenters. The molecule has 1 aliphatic rings. The lowest BCUT2D eigenvalue weighted by molar-refractivity contribution is 0.435. The molecule has 1 saturated heterocycles. The van der Waals surface area contributed by atoms with Crippen LogP contribution in [0.25, 0.3) is 0 Å². The van der Waals surface area contributed by atoms with E-state index in [-0.39, 0.29) is 0 Å². The van der Waals surface area contributed by atoms with Crippen LogP contribution in [-0.2, 0) is 16.4 Å². The topological polar surface area (TPSA) is 49.4 Å². The fourth-order valence-electron chi connectivity index (χ4n) is 1.94. The van der Waals surface area contributed by atoms with Gasteiger partial charge in [0.15, 0.2) is 0 Å². The summed E-state index contributed by atoms with van der Waals surface area (Å²) < 4.78 is 24.6. The summed E-state index contributed by atoms with van der Waals surface area (Å²) in [4.78, 5) is 1.37. The van der Waals surface area contributed by atoms with Crippen molar-refractivity contribution in [3.8, 4) is 0 Å². The summed E-state index contributed by atoms with van der Waals surface area (Å²) >= 11 is 1.76. The van der Waals surface area contributed by atoms with Crippen LogP contribution in [0.15, 0.2) is 17.5 Å². The maximum Gasteiger partial charge on any atom is 0.214 e. The van der Waals surface area contributed by atoms with Crippen molar-refractivity contribution in [3.05, 3.63) is 22.4 Å². The molecule has 0 aliphatic carbocycles. The van der Waals surface area contributed by atoms with Crippen LogP contribution in [0.1, 0.15) is 11.3 Å². The Kier molecular flexibility index (Phi) is 4.55. The van der Waals surface area contributed by atoms with Gasteiger partial charge in [-0.1, -0.05) is 6.07 Å². The quantitative estimate of drug-likeness (QED) is 0.785.